The van der Waals surface area contributed by atoms with Gasteiger partial charge in [-0.25, -0.2) is 0 Å². The highest BCUT2D eigenvalue weighted by atomic mass is 35.5. The molecule has 1 aliphatic carbocycles. The first-order valence-electron chi connectivity index (χ1n) is 8.74. The number of halogens is 1. The maximum absolute atomic E-state index is 12.7. The summed E-state index contributed by atoms with van der Waals surface area (Å²) in [5.41, 5.74) is 1.36. The number of imide groups is 1. The van der Waals surface area contributed by atoms with Crippen LogP contribution in [0.4, 0.5) is 11.4 Å². The van der Waals surface area contributed by atoms with Gasteiger partial charge in [-0.3, -0.25) is 19.3 Å². The van der Waals surface area contributed by atoms with E-state index in [2.05, 4.69) is 5.32 Å². The summed E-state index contributed by atoms with van der Waals surface area (Å²) in [6.07, 6.45) is 5.07. The van der Waals surface area contributed by atoms with Crippen LogP contribution in [0.2, 0.25) is 5.02 Å². The zero-order chi connectivity index (χ0) is 19.0. The number of anilines is 2. The van der Waals surface area contributed by atoms with E-state index in [1.165, 1.54) is 4.90 Å². The second kappa shape index (κ2) is 7.00. The molecule has 1 fully saturated rings. The molecule has 4 rings (SSSR count). The number of carbonyl (C=O) groups excluding carboxylic acids is 3. The molecule has 0 unspecified atom stereocenters. The summed E-state index contributed by atoms with van der Waals surface area (Å²) in [6.45, 7) is 0. The van der Waals surface area contributed by atoms with Crippen LogP contribution in [0, 0.1) is 11.8 Å². The number of hydrogen-bond donors (Lipinski definition) is 1. The van der Waals surface area contributed by atoms with E-state index < -0.39 is 0 Å². The van der Waals surface area contributed by atoms with Crippen molar-refractivity contribution >= 4 is 40.7 Å². The largest absolute Gasteiger partial charge is 0.322 e. The Labute approximate surface area is 161 Å². The summed E-state index contributed by atoms with van der Waals surface area (Å²) in [6, 6.07) is 13.4. The number of hydrogen-bond acceptors (Lipinski definition) is 3. The second-order valence-electron chi connectivity index (χ2n) is 6.68. The molecule has 27 heavy (non-hydrogen) atoms. The van der Waals surface area contributed by atoms with E-state index in [4.69, 9.17) is 11.6 Å². The first-order valence-corrected chi connectivity index (χ1v) is 9.12. The first kappa shape index (κ1) is 17.5. The van der Waals surface area contributed by atoms with Gasteiger partial charge in [-0.15, -0.1) is 0 Å². The molecule has 0 spiro atoms. The van der Waals surface area contributed by atoms with E-state index >= 15 is 0 Å². The average Bonchev–Trinajstić information content (AvgIpc) is 2.93. The van der Waals surface area contributed by atoms with Crippen molar-refractivity contribution in [2.45, 2.75) is 12.8 Å². The van der Waals surface area contributed by atoms with Crippen LogP contribution in [-0.2, 0) is 9.59 Å². The van der Waals surface area contributed by atoms with Gasteiger partial charge >= 0.3 is 0 Å². The Morgan fingerprint density at radius 1 is 0.963 bits per heavy atom. The van der Waals surface area contributed by atoms with Crippen LogP contribution in [0.1, 0.15) is 23.2 Å². The van der Waals surface area contributed by atoms with Gasteiger partial charge in [-0.2, -0.15) is 0 Å². The van der Waals surface area contributed by atoms with E-state index in [9.17, 15) is 14.4 Å². The lowest BCUT2D eigenvalue weighted by atomic mass is 9.85. The Morgan fingerprint density at radius 2 is 1.63 bits per heavy atom. The molecule has 0 bridgehead atoms. The smallest absolute Gasteiger partial charge is 0.255 e. The molecule has 2 aromatic rings. The minimum Gasteiger partial charge on any atom is -0.322 e. The highest BCUT2D eigenvalue weighted by molar-refractivity contribution is 6.31. The minimum atomic E-state index is -0.336. The van der Waals surface area contributed by atoms with Gasteiger partial charge in [-0.05, 0) is 49.2 Å². The summed E-state index contributed by atoms with van der Waals surface area (Å²) >= 11 is 5.94. The molecule has 1 aliphatic heterocycles. The molecule has 0 aromatic heterocycles. The summed E-state index contributed by atoms with van der Waals surface area (Å²) < 4.78 is 0. The Bertz CT molecular complexity index is 943. The Kier molecular flexibility index (Phi) is 4.54. The maximum atomic E-state index is 12.7. The molecule has 0 radical (unpaired) electrons. The lowest BCUT2D eigenvalue weighted by Gasteiger charge is -2.16. The Morgan fingerprint density at radius 3 is 2.30 bits per heavy atom. The minimum absolute atomic E-state index is 0.193. The van der Waals surface area contributed by atoms with Crippen molar-refractivity contribution in [1.82, 2.24) is 0 Å². The molecule has 3 amide bonds. The van der Waals surface area contributed by atoms with Crippen LogP contribution in [0.3, 0.4) is 0 Å². The summed E-state index contributed by atoms with van der Waals surface area (Å²) in [7, 11) is 0. The van der Waals surface area contributed by atoms with Crippen LogP contribution in [0.15, 0.2) is 60.7 Å². The molecular weight excluding hydrogens is 364 g/mol. The highest BCUT2D eigenvalue weighted by Crippen LogP contribution is 2.37. The van der Waals surface area contributed by atoms with E-state index in [0.29, 0.717) is 34.8 Å². The van der Waals surface area contributed by atoms with Crippen molar-refractivity contribution < 1.29 is 14.4 Å². The third-order valence-electron chi connectivity index (χ3n) is 4.96. The summed E-state index contributed by atoms with van der Waals surface area (Å²) in [5.74, 6) is -1.32. The molecule has 2 aliphatic rings. The number of benzene rings is 2. The average molecular weight is 381 g/mol. The number of allylic oxidation sites excluding steroid dienone is 2. The molecule has 2 aromatic carbocycles. The van der Waals surface area contributed by atoms with Gasteiger partial charge in [0.15, 0.2) is 0 Å². The Hall–Kier alpha value is -2.92. The zero-order valence-electron chi connectivity index (χ0n) is 14.4. The highest BCUT2D eigenvalue weighted by Gasteiger charge is 2.47. The van der Waals surface area contributed by atoms with Gasteiger partial charge in [0.2, 0.25) is 11.8 Å². The van der Waals surface area contributed by atoms with Gasteiger partial charge in [0, 0.05) is 16.3 Å². The van der Waals surface area contributed by atoms with Crippen molar-refractivity contribution in [3.8, 4) is 0 Å². The number of fused-ring (bicyclic) bond motifs is 1. The van der Waals surface area contributed by atoms with E-state index in [1.54, 1.807) is 48.5 Å². The molecule has 0 saturated carbocycles. The third kappa shape index (κ3) is 3.26. The molecule has 2 atom stereocenters. The van der Waals surface area contributed by atoms with Crippen LogP contribution in [-0.4, -0.2) is 17.7 Å². The number of carbonyl (C=O) groups is 3. The van der Waals surface area contributed by atoms with Crippen LogP contribution in [0.25, 0.3) is 0 Å². The standard InChI is InChI=1S/C21H17ClN2O3/c22-14-6-4-7-15(12-14)23-19(25)13-5-3-8-16(11-13)24-20(26)17-9-1-2-10-18(17)21(24)27/h1-8,11-12,17-18H,9-10H2,(H,23,25)/t17-,18-/m1/s1. The SMILES string of the molecule is O=C(Nc1cccc(Cl)c1)c1cccc(N2C(=O)[C@@H]3CC=CC[C@H]3C2=O)c1. The van der Waals surface area contributed by atoms with E-state index in [1.807, 2.05) is 12.2 Å². The molecule has 136 valence electrons. The van der Waals surface area contributed by atoms with Gasteiger partial charge in [0.25, 0.3) is 5.91 Å². The van der Waals surface area contributed by atoms with Gasteiger partial charge < -0.3 is 5.32 Å². The van der Waals surface area contributed by atoms with Crippen LogP contribution in [0.5, 0.6) is 0 Å². The molecule has 1 N–H and O–H groups in total. The van der Waals surface area contributed by atoms with Crippen molar-refractivity contribution in [1.29, 1.82) is 0 Å². The predicted octanol–water partition coefficient (Wildman–Crippen LogP) is 4.05. The van der Waals surface area contributed by atoms with E-state index in [-0.39, 0.29) is 29.6 Å². The van der Waals surface area contributed by atoms with Gasteiger partial charge in [0.05, 0.1) is 17.5 Å². The number of rotatable bonds is 3. The molecule has 1 saturated heterocycles. The fraction of sp³-hybridized carbons (Fsp3) is 0.190. The quantitative estimate of drug-likeness (QED) is 0.645. The topological polar surface area (TPSA) is 66.5 Å². The first-order chi connectivity index (χ1) is 13.0. The number of amides is 3. The van der Waals surface area contributed by atoms with Crippen LogP contribution >= 0.6 is 11.6 Å². The van der Waals surface area contributed by atoms with Gasteiger partial charge in [-0.1, -0.05) is 35.9 Å². The summed E-state index contributed by atoms with van der Waals surface area (Å²) in [4.78, 5) is 39.2. The van der Waals surface area contributed by atoms with Crippen molar-refractivity contribution in [3.63, 3.8) is 0 Å². The fourth-order valence-electron chi connectivity index (χ4n) is 3.61. The number of nitrogens with zero attached hydrogens (tertiary/aromatic N) is 1. The second-order valence-corrected chi connectivity index (χ2v) is 7.12. The van der Waals surface area contributed by atoms with Crippen LogP contribution < -0.4 is 10.2 Å². The monoisotopic (exact) mass is 380 g/mol. The molecule has 5 nitrogen and oxygen atoms in total. The lowest BCUT2D eigenvalue weighted by Crippen LogP contribution is -2.31. The van der Waals surface area contributed by atoms with Crippen molar-refractivity contribution in [2.75, 3.05) is 10.2 Å². The number of nitrogens with one attached hydrogen (secondary N) is 1. The third-order valence-corrected chi connectivity index (χ3v) is 5.19. The van der Waals surface area contributed by atoms with E-state index in [0.717, 1.165) is 0 Å². The predicted molar refractivity (Wildman–Crippen MR) is 104 cm³/mol. The lowest BCUT2D eigenvalue weighted by molar-refractivity contribution is -0.122. The summed E-state index contributed by atoms with van der Waals surface area (Å²) in [5, 5.41) is 3.29. The fourth-order valence-corrected chi connectivity index (χ4v) is 3.80. The molecule has 1 heterocycles. The van der Waals surface area contributed by atoms with Gasteiger partial charge in [0.1, 0.15) is 0 Å². The zero-order valence-corrected chi connectivity index (χ0v) is 15.1. The molecular formula is C21H17ClN2O3. The van der Waals surface area contributed by atoms with Crippen molar-refractivity contribution in [2.24, 2.45) is 11.8 Å². The maximum Gasteiger partial charge on any atom is 0.255 e. The molecule has 6 heteroatoms. The normalized spacial score (nSPS) is 21.3. The van der Waals surface area contributed by atoms with Crippen molar-refractivity contribution in [3.05, 3.63) is 71.3 Å². The Balaban J connectivity index is 1.58.